The molecule has 0 spiro atoms. The summed E-state index contributed by atoms with van der Waals surface area (Å²) in [7, 11) is 0.819. The lowest BCUT2D eigenvalue weighted by Gasteiger charge is -2.22. The first kappa shape index (κ1) is 11.4. The highest BCUT2D eigenvalue weighted by atomic mass is 32.2. The number of carbonyl (C=O) groups excluding carboxylic acids is 1. The Morgan fingerprint density at radius 3 is 2.58 bits per heavy atom. The summed E-state index contributed by atoms with van der Waals surface area (Å²) in [6.45, 7) is 5.24. The Kier molecular flexibility index (Phi) is 4.81. The van der Waals surface area contributed by atoms with Crippen LogP contribution in [0.15, 0.2) is 12.7 Å². The Balaban J connectivity index is 4.08. The first-order valence-corrected chi connectivity index (χ1v) is 5.41. The van der Waals surface area contributed by atoms with Gasteiger partial charge in [0.2, 0.25) is 5.91 Å². The predicted molar refractivity (Wildman–Crippen MR) is 51.4 cm³/mol. The Hall–Kier alpha value is -0.640. The number of nitrogens with zero attached hydrogens (tertiary/aromatic N) is 1. The Morgan fingerprint density at radius 1 is 1.75 bits per heavy atom. The van der Waals surface area contributed by atoms with E-state index < -0.39 is 10.8 Å². The fourth-order valence-electron chi connectivity index (χ4n) is 0.813. The molecule has 0 rings (SSSR count). The van der Waals surface area contributed by atoms with Crippen LogP contribution in [0.2, 0.25) is 0 Å². The van der Waals surface area contributed by atoms with Crippen molar-refractivity contribution in [3.63, 3.8) is 0 Å². The fourth-order valence-corrected chi connectivity index (χ4v) is 1.72. The molecule has 12 heavy (non-hydrogen) atoms. The summed E-state index contributed by atoms with van der Waals surface area (Å²) in [6, 6.07) is 0.00123. The van der Waals surface area contributed by atoms with Crippen molar-refractivity contribution < 1.29 is 9.00 Å². The largest absolute Gasteiger partial charge is 0.339 e. The van der Waals surface area contributed by atoms with Gasteiger partial charge in [0.25, 0.3) is 0 Å². The van der Waals surface area contributed by atoms with E-state index in [1.165, 1.54) is 11.0 Å². The van der Waals surface area contributed by atoms with E-state index in [0.717, 1.165) is 0 Å². The molecular formula is C8H15NO2S. The first-order chi connectivity index (χ1) is 5.49. The maximum atomic E-state index is 11.0. The normalized spacial score (nSPS) is 14.9. The van der Waals surface area contributed by atoms with Gasteiger partial charge in [-0.3, -0.25) is 9.00 Å². The lowest BCUT2D eigenvalue weighted by molar-refractivity contribution is -0.126. The summed E-state index contributed by atoms with van der Waals surface area (Å²) in [5, 5.41) is 0. The highest BCUT2D eigenvalue weighted by Crippen LogP contribution is 1.98. The zero-order chi connectivity index (χ0) is 9.72. The van der Waals surface area contributed by atoms with Gasteiger partial charge in [-0.15, -0.1) is 0 Å². The van der Waals surface area contributed by atoms with Gasteiger partial charge < -0.3 is 4.90 Å². The van der Waals surface area contributed by atoms with Crippen LogP contribution >= 0.6 is 0 Å². The minimum absolute atomic E-state index is 0.00123. The molecule has 0 aliphatic rings. The summed E-state index contributed by atoms with van der Waals surface area (Å²) in [5.74, 6) is 0.378. The maximum absolute atomic E-state index is 11.0. The van der Waals surface area contributed by atoms with Crippen LogP contribution < -0.4 is 0 Å². The Bertz CT molecular complexity index is 203. The molecule has 0 aromatic carbocycles. The maximum Gasteiger partial charge on any atom is 0.245 e. The van der Waals surface area contributed by atoms with E-state index in [4.69, 9.17) is 0 Å². The minimum Gasteiger partial charge on any atom is -0.339 e. The molecule has 1 amide bonds. The fraction of sp³-hybridized carbons (Fsp3) is 0.625. The van der Waals surface area contributed by atoms with Crippen LogP contribution in [0, 0.1) is 0 Å². The number of rotatable bonds is 4. The van der Waals surface area contributed by atoms with E-state index in [1.54, 1.807) is 13.3 Å². The van der Waals surface area contributed by atoms with Gasteiger partial charge in [0, 0.05) is 35.9 Å². The van der Waals surface area contributed by atoms with Gasteiger partial charge >= 0.3 is 0 Å². The Labute approximate surface area is 75.9 Å². The molecular weight excluding hydrogens is 174 g/mol. The van der Waals surface area contributed by atoms with Crippen molar-refractivity contribution in [1.29, 1.82) is 0 Å². The lowest BCUT2D eigenvalue weighted by atomic mass is 10.3. The smallest absolute Gasteiger partial charge is 0.245 e. The van der Waals surface area contributed by atoms with Crippen LogP contribution in [-0.2, 0) is 15.6 Å². The topological polar surface area (TPSA) is 37.4 Å². The minimum atomic E-state index is -0.863. The van der Waals surface area contributed by atoms with Crippen LogP contribution in [0.5, 0.6) is 0 Å². The summed E-state index contributed by atoms with van der Waals surface area (Å²) in [5.41, 5.74) is 0. The van der Waals surface area contributed by atoms with E-state index >= 15 is 0 Å². The highest BCUT2D eigenvalue weighted by molar-refractivity contribution is 7.84. The number of amides is 1. The summed E-state index contributed by atoms with van der Waals surface area (Å²) >= 11 is 0. The second-order valence-corrected chi connectivity index (χ2v) is 4.22. The van der Waals surface area contributed by atoms with Crippen molar-refractivity contribution in [1.82, 2.24) is 4.90 Å². The molecule has 0 radical (unpaired) electrons. The molecule has 0 saturated heterocycles. The quantitative estimate of drug-likeness (QED) is 0.600. The monoisotopic (exact) mass is 189 g/mol. The first-order valence-electron chi connectivity index (χ1n) is 3.68. The second kappa shape index (κ2) is 5.09. The van der Waals surface area contributed by atoms with Crippen molar-refractivity contribution in [2.75, 3.05) is 19.1 Å². The van der Waals surface area contributed by atoms with E-state index in [2.05, 4.69) is 6.58 Å². The highest BCUT2D eigenvalue weighted by Gasteiger charge is 2.13. The zero-order valence-corrected chi connectivity index (χ0v) is 8.56. The molecule has 0 aliphatic carbocycles. The van der Waals surface area contributed by atoms with Crippen LogP contribution in [-0.4, -0.2) is 40.1 Å². The average molecular weight is 189 g/mol. The van der Waals surface area contributed by atoms with E-state index in [-0.39, 0.29) is 11.9 Å². The number of carbonyl (C=O) groups is 1. The van der Waals surface area contributed by atoms with E-state index in [0.29, 0.717) is 5.75 Å². The average Bonchev–Trinajstić information content (AvgIpc) is 2.00. The molecule has 3 nitrogen and oxygen atoms in total. The molecule has 0 aliphatic heterocycles. The molecule has 2 unspecified atom stereocenters. The number of hydrogen-bond donors (Lipinski definition) is 0. The van der Waals surface area contributed by atoms with Gasteiger partial charge in [-0.25, -0.2) is 0 Å². The third-order valence-corrected chi connectivity index (χ3v) is 2.61. The van der Waals surface area contributed by atoms with Crippen molar-refractivity contribution in [2.24, 2.45) is 0 Å². The molecule has 0 heterocycles. The van der Waals surface area contributed by atoms with Gasteiger partial charge in [-0.05, 0) is 13.0 Å². The third kappa shape index (κ3) is 3.67. The van der Waals surface area contributed by atoms with Gasteiger partial charge in [0.05, 0.1) is 0 Å². The summed E-state index contributed by atoms with van der Waals surface area (Å²) in [6.07, 6.45) is 2.89. The Morgan fingerprint density at radius 2 is 2.25 bits per heavy atom. The van der Waals surface area contributed by atoms with Crippen molar-refractivity contribution in [2.45, 2.75) is 13.0 Å². The molecule has 4 heteroatoms. The molecule has 0 fully saturated rings. The zero-order valence-electron chi connectivity index (χ0n) is 7.74. The predicted octanol–water partition coefficient (Wildman–Crippen LogP) is 0.398. The second-order valence-electron chi connectivity index (χ2n) is 2.74. The molecule has 0 bridgehead atoms. The van der Waals surface area contributed by atoms with Gasteiger partial charge in [-0.1, -0.05) is 6.58 Å². The molecule has 2 atom stereocenters. The molecule has 70 valence electrons. The van der Waals surface area contributed by atoms with Crippen molar-refractivity contribution in [3.05, 3.63) is 12.7 Å². The van der Waals surface area contributed by atoms with Gasteiger partial charge in [-0.2, -0.15) is 0 Å². The summed E-state index contributed by atoms with van der Waals surface area (Å²) < 4.78 is 10.8. The van der Waals surface area contributed by atoms with Gasteiger partial charge in [0.1, 0.15) is 0 Å². The van der Waals surface area contributed by atoms with Crippen LogP contribution in [0.1, 0.15) is 6.92 Å². The molecule has 0 aromatic rings. The van der Waals surface area contributed by atoms with E-state index in [9.17, 15) is 9.00 Å². The van der Waals surface area contributed by atoms with Crippen molar-refractivity contribution >= 4 is 16.7 Å². The lowest BCUT2D eigenvalue weighted by Crippen LogP contribution is -2.37. The van der Waals surface area contributed by atoms with Gasteiger partial charge in [0.15, 0.2) is 0 Å². The van der Waals surface area contributed by atoms with Crippen LogP contribution in [0.25, 0.3) is 0 Å². The number of hydrogen-bond acceptors (Lipinski definition) is 2. The van der Waals surface area contributed by atoms with Crippen LogP contribution in [0.4, 0.5) is 0 Å². The molecule has 0 N–H and O–H groups in total. The standard InChI is InChI=1S/C8H15NO2S/c1-5-8(10)9(3)7(2)6-12(4)11/h5,7H,1,6H2,2-4H3. The van der Waals surface area contributed by atoms with Crippen molar-refractivity contribution in [3.8, 4) is 0 Å². The number of likely N-dealkylation sites (N-methyl/N-ethyl adjacent to an activating group) is 1. The SMILES string of the molecule is C=CC(=O)N(C)C(C)CS(C)=O. The summed E-state index contributed by atoms with van der Waals surface area (Å²) in [4.78, 5) is 12.6. The third-order valence-electron chi connectivity index (χ3n) is 1.66. The molecule has 0 aromatic heterocycles. The molecule has 0 saturated carbocycles. The van der Waals surface area contributed by atoms with Crippen LogP contribution in [0.3, 0.4) is 0 Å². The van der Waals surface area contributed by atoms with E-state index in [1.807, 2.05) is 6.92 Å².